The predicted molar refractivity (Wildman–Crippen MR) is 92.8 cm³/mol. The summed E-state index contributed by atoms with van der Waals surface area (Å²) >= 11 is 0. The monoisotopic (exact) mass is 380 g/mol. The molecule has 0 bridgehead atoms. The number of carbonyl (C=O) groups excluding carboxylic acids is 2. The molecule has 0 aliphatic heterocycles. The Bertz CT molecular complexity index is 916. The van der Waals surface area contributed by atoms with Crippen molar-refractivity contribution in [1.82, 2.24) is 4.72 Å². The lowest BCUT2D eigenvalue weighted by Crippen LogP contribution is -2.31. The lowest BCUT2D eigenvalue weighted by atomic mass is 10.2. The lowest BCUT2D eigenvalue weighted by Gasteiger charge is -2.17. The molecule has 0 atom stereocenters. The largest absolute Gasteiger partial charge is 0.452 e. The second-order valence-corrected chi connectivity index (χ2v) is 7.10. The molecule has 2 aromatic rings. The van der Waals surface area contributed by atoms with Gasteiger partial charge in [-0.1, -0.05) is 18.2 Å². The summed E-state index contributed by atoms with van der Waals surface area (Å²) in [7, 11) is -1.16. The van der Waals surface area contributed by atoms with Gasteiger partial charge in [0, 0.05) is 12.7 Å². The molecule has 0 saturated heterocycles. The maximum Gasteiger partial charge on any atom is 0.341 e. The van der Waals surface area contributed by atoms with Crippen LogP contribution in [-0.4, -0.2) is 41.0 Å². The number of carbonyl (C=O) groups is 2. The first-order valence-corrected chi connectivity index (χ1v) is 8.96. The van der Waals surface area contributed by atoms with Crippen molar-refractivity contribution >= 4 is 27.6 Å². The molecular weight excluding hydrogens is 363 g/mol. The zero-order valence-electron chi connectivity index (χ0n) is 14.1. The van der Waals surface area contributed by atoms with Gasteiger partial charge in [-0.2, -0.15) is 0 Å². The third kappa shape index (κ3) is 4.44. The molecule has 0 unspecified atom stereocenters. The number of likely N-dealkylation sites (N-methyl/N-ethyl adjacent to an activating group) is 1. The van der Waals surface area contributed by atoms with Crippen LogP contribution in [0.3, 0.4) is 0 Å². The van der Waals surface area contributed by atoms with E-state index in [2.05, 4.69) is 4.72 Å². The van der Waals surface area contributed by atoms with E-state index in [0.29, 0.717) is 5.69 Å². The number of para-hydroxylation sites is 1. The van der Waals surface area contributed by atoms with Gasteiger partial charge in [-0.25, -0.2) is 22.3 Å². The van der Waals surface area contributed by atoms with E-state index in [1.54, 1.807) is 30.3 Å². The van der Waals surface area contributed by atoms with Crippen LogP contribution >= 0.6 is 0 Å². The Morgan fingerprint density at radius 1 is 1.15 bits per heavy atom. The maximum atomic E-state index is 13.8. The minimum Gasteiger partial charge on any atom is -0.452 e. The molecule has 0 aromatic heterocycles. The van der Waals surface area contributed by atoms with Gasteiger partial charge in [0.25, 0.3) is 5.91 Å². The molecule has 0 saturated carbocycles. The summed E-state index contributed by atoms with van der Waals surface area (Å²) in [5.41, 5.74) is 0.0262. The standard InChI is InChI=1S/C17H17FN2O5S/c1-19-26(23,24)13-8-9-15(18)14(10-13)17(22)25-11-16(21)20(2)12-6-4-3-5-7-12/h3-10,19H,11H2,1-2H3. The number of anilines is 1. The Kier molecular flexibility index (Phi) is 6.06. The predicted octanol–water partition coefficient (Wildman–Crippen LogP) is 1.55. The summed E-state index contributed by atoms with van der Waals surface area (Å²) in [5, 5.41) is 0. The Balaban J connectivity index is 2.10. The Labute approximate surface area is 150 Å². The van der Waals surface area contributed by atoms with Crippen LogP contribution in [0, 0.1) is 5.82 Å². The number of ether oxygens (including phenoxy) is 1. The van der Waals surface area contributed by atoms with Crippen molar-refractivity contribution in [3.8, 4) is 0 Å². The normalized spacial score (nSPS) is 11.0. The highest BCUT2D eigenvalue weighted by atomic mass is 32.2. The third-order valence-electron chi connectivity index (χ3n) is 3.58. The maximum absolute atomic E-state index is 13.8. The molecule has 0 spiro atoms. The molecule has 0 aliphatic rings. The third-order valence-corrected chi connectivity index (χ3v) is 4.99. The summed E-state index contributed by atoms with van der Waals surface area (Å²) in [6.45, 7) is -0.618. The van der Waals surface area contributed by atoms with Gasteiger partial charge in [-0.05, 0) is 37.4 Å². The van der Waals surface area contributed by atoms with Gasteiger partial charge >= 0.3 is 5.97 Å². The number of nitrogens with one attached hydrogen (secondary N) is 1. The minimum absolute atomic E-state index is 0.291. The fourth-order valence-electron chi connectivity index (χ4n) is 2.04. The van der Waals surface area contributed by atoms with Crippen LogP contribution in [0.4, 0.5) is 10.1 Å². The quantitative estimate of drug-likeness (QED) is 0.768. The van der Waals surface area contributed by atoms with Crippen molar-refractivity contribution in [2.24, 2.45) is 0 Å². The van der Waals surface area contributed by atoms with Crippen molar-refractivity contribution in [1.29, 1.82) is 0 Å². The van der Waals surface area contributed by atoms with Gasteiger partial charge in [0.15, 0.2) is 6.61 Å². The summed E-state index contributed by atoms with van der Waals surface area (Å²) < 4.78 is 44.2. The number of nitrogens with zero attached hydrogens (tertiary/aromatic N) is 1. The van der Waals surface area contributed by atoms with Crippen molar-refractivity contribution in [3.63, 3.8) is 0 Å². The first-order valence-electron chi connectivity index (χ1n) is 7.48. The van der Waals surface area contributed by atoms with Crippen LogP contribution in [-0.2, 0) is 19.6 Å². The van der Waals surface area contributed by atoms with Crippen LogP contribution in [0.1, 0.15) is 10.4 Å². The summed E-state index contributed by atoms with van der Waals surface area (Å²) in [6.07, 6.45) is 0. The van der Waals surface area contributed by atoms with Crippen molar-refractivity contribution in [2.75, 3.05) is 25.6 Å². The van der Waals surface area contributed by atoms with Crippen LogP contribution in [0.2, 0.25) is 0 Å². The molecule has 9 heteroatoms. The summed E-state index contributed by atoms with van der Waals surface area (Å²) in [5.74, 6) is -2.61. The van der Waals surface area contributed by atoms with E-state index in [0.717, 1.165) is 18.2 Å². The summed E-state index contributed by atoms with van der Waals surface area (Å²) in [4.78, 5) is 25.1. The van der Waals surface area contributed by atoms with Gasteiger partial charge < -0.3 is 9.64 Å². The molecular formula is C17H17FN2O5S. The summed E-state index contributed by atoms with van der Waals surface area (Å²) in [6, 6.07) is 11.4. The molecule has 0 aliphatic carbocycles. The molecule has 7 nitrogen and oxygen atoms in total. The molecule has 1 amide bonds. The van der Waals surface area contributed by atoms with Gasteiger partial charge in [0.1, 0.15) is 5.82 Å². The number of halogens is 1. The number of rotatable bonds is 6. The highest BCUT2D eigenvalue weighted by Gasteiger charge is 2.21. The van der Waals surface area contributed by atoms with Crippen molar-refractivity contribution in [2.45, 2.75) is 4.90 Å². The van der Waals surface area contributed by atoms with E-state index >= 15 is 0 Å². The molecule has 138 valence electrons. The fraction of sp³-hybridized carbons (Fsp3) is 0.176. The van der Waals surface area contributed by atoms with Crippen molar-refractivity contribution in [3.05, 3.63) is 59.9 Å². The number of hydrogen-bond donors (Lipinski definition) is 1. The average molecular weight is 380 g/mol. The Hall–Kier alpha value is -2.78. The van der Waals surface area contributed by atoms with Crippen LogP contribution in [0.15, 0.2) is 53.4 Å². The topological polar surface area (TPSA) is 92.8 Å². The zero-order valence-corrected chi connectivity index (χ0v) is 14.9. The zero-order chi connectivity index (χ0) is 19.3. The molecule has 0 fully saturated rings. The number of benzene rings is 2. The molecule has 1 N–H and O–H groups in total. The van der Waals surface area contributed by atoms with Crippen LogP contribution in [0.5, 0.6) is 0 Å². The number of hydrogen-bond acceptors (Lipinski definition) is 5. The van der Waals surface area contributed by atoms with Gasteiger partial charge in [0.2, 0.25) is 10.0 Å². The van der Waals surface area contributed by atoms with E-state index in [1.807, 2.05) is 0 Å². The number of amides is 1. The number of sulfonamides is 1. The highest BCUT2D eigenvalue weighted by Crippen LogP contribution is 2.16. The molecule has 0 heterocycles. The molecule has 2 rings (SSSR count). The highest BCUT2D eigenvalue weighted by molar-refractivity contribution is 7.89. The Morgan fingerprint density at radius 2 is 1.81 bits per heavy atom. The number of esters is 1. The fourth-order valence-corrected chi connectivity index (χ4v) is 2.80. The van der Waals surface area contributed by atoms with E-state index in [9.17, 15) is 22.4 Å². The van der Waals surface area contributed by atoms with Crippen LogP contribution in [0.25, 0.3) is 0 Å². The van der Waals surface area contributed by atoms with Gasteiger partial charge in [-0.3, -0.25) is 4.79 Å². The van der Waals surface area contributed by atoms with Gasteiger partial charge in [-0.15, -0.1) is 0 Å². The van der Waals surface area contributed by atoms with E-state index in [1.165, 1.54) is 19.0 Å². The van der Waals surface area contributed by atoms with Crippen LogP contribution < -0.4 is 9.62 Å². The molecule has 26 heavy (non-hydrogen) atoms. The average Bonchev–Trinajstić information content (AvgIpc) is 2.66. The van der Waals surface area contributed by atoms with E-state index in [4.69, 9.17) is 4.74 Å². The first-order chi connectivity index (χ1) is 12.3. The van der Waals surface area contributed by atoms with E-state index in [-0.39, 0.29) is 4.90 Å². The smallest absolute Gasteiger partial charge is 0.341 e. The molecule has 2 aromatic carbocycles. The molecule has 0 radical (unpaired) electrons. The second-order valence-electron chi connectivity index (χ2n) is 5.21. The minimum atomic E-state index is -3.85. The SMILES string of the molecule is CNS(=O)(=O)c1ccc(F)c(C(=O)OCC(=O)N(C)c2ccccc2)c1. The van der Waals surface area contributed by atoms with Gasteiger partial charge in [0.05, 0.1) is 10.5 Å². The lowest BCUT2D eigenvalue weighted by molar-refractivity contribution is -0.121. The van der Waals surface area contributed by atoms with E-state index < -0.39 is 39.9 Å². The first kappa shape index (κ1) is 19.5. The van der Waals surface area contributed by atoms with Crippen molar-refractivity contribution < 1.29 is 27.1 Å². The Morgan fingerprint density at radius 3 is 2.42 bits per heavy atom. The second kappa shape index (κ2) is 8.07.